The van der Waals surface area contributed by atoms with E-state index >= 15 is 0 Å². The number of hydrogen-bond donors (Lipinski definition) is 1. The van der Waals surface area contributed by atoms with Crippen LogP contribution in [-0.4, -0.2) is 20.9 Å². The van der Waals surface area contributed by atoms with Crippen LogP contribution in [0.25, 0.3) is 0 Å². The van der Waals surface area contributed by atoms with Crippen LogP contribution in [0, 0.1) is 12.7 Å². The summed E-state index contributed by atoms with van der Waals surface area (Å²) in [5.41, 5.74) is 2.49. The topological polar surface area (TPSA) is 66.5 Å². The number of halogens is 1. The van der Waals surface area contributed by atoms with Crippen molar-refractivity contribution in [2.45, 2.75) is 38.0 Å². The molecule has 7 heteroatoms. The Morgan fingerprint density at radius 3 is 2.69 bits per heavy atom. The molecule has 0 aliphatic carbocycles. The highest BCUT2D eigenvalue weighted by Crippen LogP contribution is 2.31. The van der Waals surface area contributed by atoms with E-state index in [2.05, 4.69) is 4.72 Å². The molecule has 0 radical (unpaired) electrons. The number of anilines is 2. The smallest absolute Gasteiger partial charge is 0.262 e. The maximum Gasteiger partial charge on any atom is 0.262 e. The van der Waals surface area contributed by atoms with Crippen LogP contribution in [0.3, 0.4) is 0 Å². The van der Waals surface area contributed by atoms with E-state index in [-0.39, 0.29) is 10.8 Å². The maximum absolute atomic E-state index is 13.3. The summed E-state index contributed by atoms with van der Waals surface area (Å²) in [5, 5.41) is 0. The molecule has 1 N–H and O–H groups in total. The van der Waals surface area contributed by atoms with Crippen LogP contribution in [0.4, 0.5) is 15.8 Å². The van der Waals surface area contributed by atoms with Gasteiger partial charge >= 0.3 is 0 Å². The summed E-state index contributed by atoms with van der Waals surface area (Å²) < 4.78 is 41.1. The van der Waals surface area contributed by atoms with Gasteiger partial charge in [0, 0.05) is 18.7 Å². The number of sulfonamides is 1. The number of fused-ring (bicyclic) bond motifs is 1. The molecule has 0 saturated carbocycles. The standard InChI is InChI=1S/C19H21FN2O3S/c1-3-19(23)22-10-4-5-14-6-8-16(12-17(14)22)21-26(24,25)18-9-7-15(20)11-13(18)2/h6-9,11-12,21H,3-5,10H2,1-2H3. The van der Waals surface area contributed by atoms with Crippen LogP contribution in [0.1, 0.15) is 30.9 Å². The predicted octanol–water partition coefficient (Wildman–Crippen LogP) is 3.62. The van der Waals surface area contributed by atoms with Crippen LogP contribution < -0.4 is 9.62 Å². The Morgan fingerprint density at radius 2 is 2.00 bits per heavy atom. The van der Waals surface area contributed by atoms with Crippen molar-refractivity contribution in [1.82, 2.24) is 0 Å². The molecule has 138 valence electrons. The Labute approximate surface area is 152 Å². The van der Waals surface area contributed by atoms with Crippen molar-refractivity contribution < 1.29 is 17.6 Å². The lowest BCUT2D eigenvalue weighted by molar-refractivity contribution is -0.118. The van der Waals surface area contributed by atoms with Gasteiger partial charge in [0.2, 0.25) is 5.91 Å². The molecule has 1 aliphatic rings. The molecule has 3 rings (SSSR count). The third-order valence-electron chi connectivity index (χ3n) is 4.49. The summed E-state index contributed by atoms with van der Waals surface area (Å²) in [6.07, 6.45) is 2.13. The van der Waals surface area contributed by atoms with Gasteiger partial charge in [0.15, 0.2) is 0 Å². The lowest BCUT2D eigenvalue weighted by Crippen LogP contribution is -2.35. The summed E-state index contributed by atoms with van der Waals surface area (Å²) in [6.45, 7) is 3.99. The molecular weight excluding hydrogens is 355 g/mol. The number of carbonyl (C=O) groups is 1. The fourth-order valence-corrected chi connectivity index (χ4v) is 4.49. The minimum absolute atomic E-state index is 0.0142. The molecule has 2 aromatic carbocycles. The fourth-order valence-electron chi connectivity index (χ4n) is 3.21. The maximum atomic E-state index is 13.3. The number of rotatable bonds is 4. The lowest BCUT2D eigenvalue weighted by atomic mass is 10.0. The molecule has 0 bridgehead atoms. The number of amides is 1. The molecular formula is C19H21FN2O3S. The molecule has 0 spiro atoms. The summed E-state index contributed by atoms with van der Waals surface area (Å²) in [5.74, 6) is -0.468. The second kappa shape index (κ2) is 7.07. The largest absolute Gasteiger partial charge is 0.312 e. The van der Waals surface area contributed by atoms with E-state index < -0.39 is 15.8 Å². The molecule has 2 aromatic rings. The molecule has 0 aromatic heterocycles. The van der Waals surface area contributed by atoms with Gasteiger partial charge in [-0.1, -0.05) is 13.0 Å². The number of hydrogen-bond acceptors (Lipinski definition) is 3. The van der Waals surface area contributed by atoms with Crippen molar-refractivity contribution >= 4 is 27.3 Å². The fraction of sp³-hybridized carbons (Fsp3) is 0.316. The molecule has 5 nitrogen and oxygen atoms in total. The van der Waals surface area contributed by atoms with Gasteiger partial charge in [-0.2, -0.15) is 0 Å². The zero-order valence-electron chi connectivity index (χ0n) is 14.8. The van der Waals surface area contributed by atoms with Gasteiger partial charge in [0.05, 0.1) is 10.6 Å². The number of carbonyl (C=O) groups excluding carboxylic acids is 1. The highest BCUT2D eigenvalue weighted by atomic mass is 32.2. The van der Waals surface area contributed by atoms with Gasteiger partial charge < -0.3 is 4.90 Å². The molecule has 1 amide bonds. The van der Waals surface area contributed by atoms with Crippen LogP contribution >= 0.6 is 0 Å². The van der Waals surface area contributed by atoms with Crippen LogP contribution in [-0.2, 0) is 21.2 Å². The Morgan fingerprint density at radius 1 is 1.23 bits per heavy atom. The highest BCUT2D eigenvalue weighted by molar-refractivity contribution is 7.92. The zero-order chi connectivity index (χ0) is 18.9. The Bertz CT molecular complexity index is 957. The van der Waals surface area contributed by atoms with Gasteiger partial charge in [-0.25, -0.2) is 12.8 Å². The van der Waals surface area contributed by atoms with Crippen molar-refractivity contribution in [3.63, 3.8) is 0 Å². The average Bonchev–Trinajstić information content (AvgIpc) is 2.59. The van der Waals surface area contributed by atoms with Gasteiger partial charge in [0.25, 0.3) is 10.0 Å². The summed E-state index contributed by atoms with van der Waals surface area (Å²) >= 11 is 0. The SMILES string of the molecule is CCC(=O)N1CCCc2ccc(NS(=O)(=O)c3ccc(F)cc3C)cc21. The Hall–Kier alpha value is -2.41. The first-order chi connectivity index (χ1) is 12.3. The molecule has 0 saturated heterocycles. The van der Waals surface area contributed by atoms with Crippen LogP contribution in [0.5, 0.6) is 0 Å². The first-order valence-electron chi connectivity index (χ1n) is 8.54. The van der Waals surface area contributed by atoms with E-state index in [1.807, 2.05) is 6.07 Å². The first-order valence-corrected chi connectivity index (χ1v) is 10.0. The van der Waals surface area contributed by atoms with Gasteiger partial charge in [-0.3, -0.25) is 9.52 Å². The molecule has 0 atom stereocenters. The number of aryl methyl sites for hydroxylation is 2. The second-order valence-electron chi connectivity index (χ2n) is 6.36. The van der Waals surface area contributed by atoms with Crippen molar-refractivity contribution in [3.05, 3.63) is 53.3 Å². The summed E-state index contributed by atoms with van der Waals surface area (Å²) in [7, 11) is -3.85. The first kappa shape index (κ1) is 18.4. The third kappa shape index (κ3) is 3.58. The normalized spacial score (nSPS) is 14.0. The van der Waals surface area contributed by atoms with E-state index in [4.69, 9.17) is 0 Å². The molecule has 1 heterocycles. The minimum Gasteiger partial charge on any atom is -0.312 e. The average molecular weight is 376 g/mol. The Balaban J connectivity index is 1.94. The van der Waals surface area contributed by atoms with Crippen molar-refractivity contribution in [2.75, 3.05) is 16.2 Å². The molecule has 26 heavy (non-hydrogen) atoms. The Kier molecular flexibility index (Phi) is 5.00. The van der Waals surface area contributed by atoms with E-state index in [1.165, 1.54) is 12.1 Å². The zero-order valence-corrected chi connectivity index (χ0v) is 15.6. The van der Waals surface area contributed by atoms with Crippen molar-refractivity contribution in [3.8, 4) is 0 Å². The summed E-state index contributed by atoms with van der Waals surface area (Å²) in [6, 6.07) is 8.78. The summed E-state index contributed by atoms with van der Waals surface area (Å²) in [4.78, 5) is 13.9. The third-order valence-corrected chi connectivity index (χ3v) is 6.03. The van der Waals surface area contributed by atoms with E-state index in [1.54, 1.807) is 30.9 Å². The number of benzene rings is 2. The number of nitrogens with zero attached hydrogens (tertiary/aromatic N) is 1. The van der Waals surface area contributed by atoms with Gasteiger partial charge in [-0.15, -0.1) is 0 Å². The van der Waals surface area contributed by atoms with E-state index in [0.29, 0.717) is 24.2 Å². The predicted molar refractivity (Wildman–Crippen MR) is 99.4 cm³/mol. The minimum atomic E-state index is -3.85. The van der Waals surface area contributed by atoms with Crippen molar-refractivity contribution in [2.24, 2.45) is 0 Å². The number of nitrogens with one attached hydrogen (secondary N) is 1. The van der Waals surface area contributed by atoms with Crippen LogP contribution in [0.2, 0.25) is 0 Å². The molecule has 1 aliphatic heterocycles. The van der Waals surface area contributed by atoms with Crippen LogP contribution in [0.15, 0.2) is 41.3 Å². The highest BCUT2D eigenvalue weighted by Gasteiger charge is 2.23. The second-order valence-corrected chi connectivity index (χ2v) is 8.01. The molecule has 0 fully saturated rings. The lowest BCUT2D eigenvalue weighted by Gasteiger charge is -2.30. The van der Waals surface area contributed by atoms with Crippen molar-refractivity contribution in [1.29, 1.82) is 0 Å². The monoisotopic (exact) mass is 376 g/mol. The van der Waals surface area contributed by atoms with Gasteiger partial charge in [0.1, 0.15) is 5.82 Å². The quantitative estimate of drug-likeness (QED) is 0.886. The van der Waals surface area contributed by atoms with E-state index in [9.17, 15) is 17.6 Å². The molecule has 0 unspecified atom stereocenters. The van der Waals surface area contributed by atoms with Gasteiger partial charge in [-0.05, 0) is 61.2 Å². The van der Waals surface area contributed by atoms with E-state index in [0.717, 1.165) is 30.2 Å².